The Morgan fingerprint density at radius 1 is 1.22 bits per heavy atom. The minimum Gasteiger partial charge on any atom is -0.383 e. The van der Waals surface area contributed by atoms with Crippen molar-refractivity contribution >= 4 is 39.1 Å². The molecule has 0 radical (unpaired) electrons. The minimum absolute atomic E-state index is 0.209. The second-order valence-electron chi connectivity index (χ2n) is 3.58. The number of aliphatic imine (C=N–C) groups is 1. The van der Waals surface area contributed by atoms with E-state index in [-0.39, 0.29) is 5.02 Å². The molecular weight excluding hydrogens is 319 g/mol. The Morgan fingerprint density at radius 2 is 1.89 bits per heavy atom. The molecule has 0 bridgehead atoms. The van der Waals surface area contributed by atoms with Crippen molar-refractivity contribution in [1.82, 2.24) is 0 Å². The molecule has 5 heteroatoms. The summed E-state index contributed by atoms with van der Waals surface area (Å²) in [6, 6.07) is 11.8. The lowest BCUT2D eigenvalue weighted by Crippen LogP contribution is -2.12. The van der Waals surface area contributed by atoms with Crippen LogP contribution in [-0.2, 0) is 0 Å². The molecule has 0 saturated carbocycles. The maximum Gasteiger partial charge on any atom is 0.131 e. The first-order chi connectivity index (χ1) is 8.58. The van der Waals surface area contributed by atoms with E-state index in [9.17, 15) is 4.39 Å². The van der Waals surface area contributed by atoms with Crippen molar-refractivity contribution in [3.63, 3.8) is 0 Å². The SMILES string of the molecule is NC(=Nc1c(Cl)cc(F)cc1Br)c1ccccc1. The third-order valence-electron chi connectivity index (χ3n) is 2.28. The Hall–Kier alpha value is -1.39. The lowest BCUT2D eigenvalue weighted by atomic mass is 10.2. The molecule has 0 aromatic heterocycles. The lowest BCUT2D eigenvalue weighted by Gasteiger charge is -2.05. The molecule has 0 atom stereocenters. The molecule has 2 rings (SSSR count). The minimum atomic E-state index is -0.427. The second-order valence-corrected chi connectivity index (χ2v) is 4.84. The van der Waals surface area contributed by atoms with Crippen LogP contribution in [0.15, 0.2) is 51.9 Å². The van der Waals surface area contributed by atoms with Gasteiger partial charge in [-0.3, -0.25) is 0 Å². The average Bonchev–Trinajstić information content (AvgIpc) is 2.34. The van der Waals surface area contributed by atoms with E-state index in [1.54, 1.807) is 0 Å². The van der Waals surface area contributed by atoms with Crippen molar-refractivity contribution in [2.24, 2.45) is 10.7 Å². The molecule has 0 spiro atoms. The molecule has 0 aliphatic rings. The number of hydrogen-bond donors (Lipinski definition) is 1. The Labute approximate surface area is 117 Å². The predicted molar refractivity (Wildman–Crippen MR) is 75.9 cm³/mol. The molecule has 2 nitrogen and oxygen atoms in total. The first-order valence-electron chi connectivity index (χ1n) is 5.12. The Kier molecular flexibility index (Phi) is 3.99. The van der Waals surface area contributed by atoms with Gasteiger partial charge in [0, 0.05) is 10.0 Å². The van der Waals surface area contributed by atoms with Crippen LogP contribution in [0.4, 0.5) is 10.1 Å². The fourth-order valence-corrected chi connectivity index (χ4v) is 2.32. The number of amidine groups is 1. The van der Waals surface area contributed by atoms with Crippen LogP contribution in [0, 0.1) is 5.82 Å². The Morgan fingerprint density at radius 3 is 2.50 bits per heavy atom. The molecule has 0 heterocycles. The fraction of sp³-hybridized carbons (Fsp3) is 0. The van der Waals surface area contributed by atoms with Crippen molar-refractivity contribution in [2.75, 3.05) is 0 Å². The highest BCUT2D eigenvalue weighted by Crippen LogP contribution is 2.34. The van der Waals surface area contributed by atoms with Crippen LogP contribution in [0.5, 0.6) is 0 Å². The van der Waals surface area contributed by atoms with Crippen molar-refractivity contribution < 1.29 is 4.39 Å². The maximum atomic E-state index is 13.1. The van der Waals surface area contributed by atoms with Gasteiger partial charge in [0.05, 0.1) is 10.7 Å². The normalized spacial score (nSPS) is 11.6. The summed E-state index contributed by atoms with van der Waals surface area (Å²) in [4.78, 5) is 4.22. The summed E-state index contributed by atoms with van der Waals surface area (Å²) in [5, 5.41) is 0.209. The van der Waals surface area contributed by atoms with Crippen molar-refractivity contribution in [3.8, 4) is 0 Å². The smallest absolute Gasteiger partial charge is 0.131 e. The van der Waals surface area contributed by atoms with Crippen LogP contribution < -0.4 is 5.73 Å². The van der Waals surface area contributed by atoms with Crippen LogP contribution >= 0.6 is 27.5 Å². The van der Waals surface area contributed by atoms with E-state index in [1.807, 2.05) is 30.3 Å². The van der Waals surface area contributed by atoms with Crippen molar-refractivity contribution in [3.05, 3.63) is 63.3 Å². The topological polar surface area (TPSA) is 38.4 Å². The van der Waals surface area contributed by atoms with Gasteiger partial charge in [-0.2, -0.15) is 0 Å². The zero-order valence-corrected chi connectivity index (χ0v) is 11.5. The summed E-state index contributed by atoms with van der Waals surface area (Å²) in [6.07, 6.45) is 0. The maximum absolute atomic E-state index is 13.1. The summed E-state index contributed by atoms with van der Waals surface area (Å²) in [7, 11) is 0. The van der Waals surface area contributed by atoms with E-state index in [2.05, 4.69) is 20.9 Å². The predicted octanol–water partition coefficient (Wildman–Crippen LogP) is 4.28. The van der Waals surface area contributed by atoms with E-state index in [0.29, 0.717) is 16.0 Å². The monoisotopic (exact) mass is 326 g/mol. The third kappa shape index (κ3) is 2.89. The van der Waals surface area contributed by atoms with Crippen LogP contribution in [0.1, 0.15) is 5.56 Å². The van der Waals surface area contributed by atoms with Crippen molar-refractivity contribution in [2.45, 2.75) is 0 Å². The molecule has 2 N–H and O–H groups in total. The second kappa shape index (κ2) is 5.50. The number of nitrogens with zero attached hydrogens (tertiary/aromatic N) is 1. The highest BCUT2D eigenvalue weighted by atomic mass is 79.9. The van der Waals surface area contributed by atoms with E-state index in [4.69, 9.17) is 17.3 Å². The number of halogens is 3. The third-order valence-corrected chi connectivity index (χ3v) is 3.18. The molecular formula is C13H9BrClFN2. The van der Waals surface area contributed by atoms with Crippen LogP contribution in [0.2, 0.25) is 5.02 Å². The summed E-state index contributed by atoms with van der Waals surface area (Å²) in [6.45, 7) is 0. The lowest BCUT2D eigenvalue weighted by molar-refractivity contribution is 0.627. The van der Waals surface area contributed by atoms with Gasteiger partial charge in [0.25, 0.3) is 0 Å². The molecule has 0 fully saturated rings. The van der Waals surface area contributed by atoms with Gasteiger partial charge in [-0.05, 0) is 28.1 Å². The molecule has 0 aliphatic carbocycles. The first-order valence-corrected chi connectivity index (χ1v) is 6.29. The zero-order valence-electron chi connectivity index (χ0n) is 9.20. The van der Waals surface area contributed by atoms with Gasteiger partial charge >= 0.3 is 0 Å². The van der Waals surface area contributed by atoms with Gasteiger partial charge in [0.2, 0.25) is 0 Å². The largest absolute Gasteiger partial charge is 0.383 e. The standard InChI is InChI=1S/C13H9BrClFN2/c14-10-6-9(16)7-11(15)12(10)18-13(17)8-4-2-1-3-5-8/h1-7H,(H2,17,18). The van der Waals surface area contributed by atoms with Crippen LogP contribution in [0.25, 0.3) is 0 Å². The summed E-state index contributed by atoms with van der Waals surface area (Å²) in [5.74, 6) is -0.103. The number of hydrogen-bond acceptors (Lipinski definition) is 1. The summed E-state index contributed by atoms with van der Waals surface area (Å²) in [5.41, 5.74) is 7.08. The van der Waals surface area contributed by atoms with Crippen LogP contribution in [0.3, 0.4) is 0 Å². The molecule has 0 aliphatic heterocycles. The average molecular weight is 328 g/mol. The Bertz CT molecular complexity index is 576. The van der Waals surface area contributed by atoms with Gasteiger partial charge in [-0.25, -0.2) is 9.38 Å². The molecule has 0 unspecified atom stereocenters. The van der Waals surface area contributed by atoms with E-state index < -0.39 is 5.82 Å². The van der Waals surface area contributed by atoms with Crippen LogP contribution in [-0.4, -0.2) is 5.84 Å². The highest BCUT2D eigenvalue weighted by molar-refractivity contribution is 9.10. The van der Waals surface area contributed by atoms with Gasteiger partial charge in [0.15, 0.2) is 0 Å². The zero-order chi connectivity index (χ0) is 13.1. The van der Waals surface area contributed by atoms with Gasteiger partial charge in [-0.15, -0.1) is 0 Å². The van der Waals surface area contributed by atoms with Crippen molar-refractivity contribution in [1.29, 1.82) is 0 Å². The van der Waals surface area contributed by atoms with Gasteiger partial charge in [0.1, 0.15) is 11.7 Å². The number of nitrogens with two attached hydrogens (primary N) is 1. The van der Waals surface area contributed by atoms with Gasteiger partial charge in [-0.1, -0.05) is 41.9 Å². The molecule has 2 aromatic rings. The van der Waals surface area contributed by atoms with E-state index in [1.165, 1.54) is 12.1 Å². The molecule has 92 valence electrons. The molecule has 2 aromatic carbocycles. The summed E-state index contributed by atoms with van der Waals surface area (Å²) >= 11 is 9.15. The quantitative estimate of drug-likeness (QED) is 0.649. The van der Waals surface area contributed by atoms with Gasteiger partial charge < -0.3 is 5.73 Å². The number of benzene rings is 2. The molecule has 0 saturated heterocycles. The summed E-state index contributed by atoms with van der Waals surface area (Å²) < 4.78 is 13.5. The number of rotatable bonds is 2. The molecule has 18 heavy (non-hydrogen) atoms. The fourth-order valence-electron chi connectivity index (χ4n) is 1.44. The van der Waals surface area contributed by atoms with E-state index >= 15 is 0 Å². The van der Waals surface area contributed by atoms with E-state index in [0.717, 1.165) is 5.56 Å². The molecule has 0 amide bonds. The highest BCUT2D eigenvalue weighted by Gasteiger charge is 2.08. The first kappa shape index (κ1) is 13.1. The Balaban J connectivity index is 2.45.